The fourth-order valence-corrected chi connectivity index (χ4v) is 4.81. The van der Waals surface area contributed by atoms with Crippen LogP contribution in [0.4, 0.5) is 10.5 Å². The number of nitrogens with zero attached hydrogens (tertiary/aromatic N) is 2. The average Bonchev–Trinajstić information content (AvgIpc) is 3.28. The lowest BCUT2D eigenvalue weighted by Crippen LogP contribution is -2.45. The van der Waals surface area contributed by atoms with Crippen molar-refractivity contribution in [3.63, 3.8) is 0 Å². The number of nitrogens with one attached hydrogen (secondary N) is 2. The van der Waals surface area contributed by atoms with Crippen LogP contribution < -0.4 is 15.6 Å². The summed E-state index contributed by atoms with van der Waals surface area (Å²) in [6.45, 7) is 1.31. The Balaban J connectivity index is 1.34. The van der Waals surface area contributed by atoms with Crippen LogP contribution in [0.2, 0.25) is 0 Å². The molecule has 1 aliphatic heterocycles. The molecule has 3 aromatic carbocycles. The molecule has 5 nitrogen and oxygen atoms in total. The molecule has 3 aromatic rings. The molecule has 1 saturated carbocycles. The number of hydrogen-bond acceptors (Lipinski definition) is 3. The minimum atomic E-state index is -0.0621. The van der Waals surface area contributed by atoms with Crippen LogP contribution in [-0.4, -0.2) is 30.9 Å². The highest BCUT2D eigenvalue weighted by atomic mass is 16.2. The topological polar surface area (TPSA) is 56.7 Å². The Morgan fingerprint density at radius 1 is 0.906 bits per heavy atom. The standard InChI is InChI=1S/C27H30N4O/c32-27(29-24-11-3-1-4-12-24)28-18-23-19-31(25-13-5-2-6-14-25)30-26(23)22-16-15-20-9-7-8-10-21(20)17-22/h2,5-10,13-17,23-24H,1,3-4,11-12,18-19H2,(H2,28,29,32). The van der Waals surface area contributed by atoms with Gasteiger partial charge in [0.25, 0.3) is 0 Å². The Kier molecular flexibility index (Phi) is 6.06. The van der Waals surface area contributed by atoms with Gasteiger partial charge in [0.2, 0.25) is 0 Å². The van der Waals surface area contributed by atoms with E-state index in [1.165, 1.54) is 30.0 Å². The van der Waals surface area contributed by atoms with Gasteiger partial charge in [0.05, 0.1) is 17.9 Å². The van der Waals surface area contributed by atoms with E-state index < -0.39 is 0 Å². The van der Waals surface area contributed by atoms with Crippen molar-refractivity contribution in [2.75, 3.05) is 18.1 Å². The number of benzene rings is 3. The van der Waals surface area contributed by atoms with Crippen LogP contribution in [0.1, 0.15) is 37.7 Å². The minimum absolute atomic E-state index is 0.0621. The van der Waals surface area contributed by atoms with E-state index in [1.54, 1.807) is 0 Å². The lowest BCUT2D eigenvalue weighted by molar-refractivity contribution is 0.232. The molecule has 1 fully saturated rings. The van der Waals surface area contributed by atoms with E-state index in [2.05, 4.69) is 70.2 Å². The number of hydrazone groups is 1. The van der Waals surface area contributed by atoms with Crippen molar-refractivity contribution < 1.29 is 4.79 Å². The van der Waals surface area contributed by atoms with Crippen molar-refractivity contribution in [1.29, 1.82) is 0 Å². The number of hydrogen-bond donors (Lipinski definition) is 2. The third kappa shape index (κ3) is 4.62. The third-order valence-electron chi connectivity index (χ3n) is 6.56. The van der Waals surface area contributed by atoms with Crippen molar-refractivity contribution in [1.82, 2.24) is 10.6 Å². The first-order valence-corrected chi connectivity index (χ1v) is 11.7. The van der Waals surface area contributed by atoms with Gasteiger partial charge in [-0.15, -0.1) is 0 Å². The van der Waals surface area contributed by atoms with Gasteiger partial charge in [-0.05, 0) is 47.4 Å². The predicted octanol–water partition coefficient (Wildman–Crippen LogP) is 5.31. The Hall–Kier alpha value is -3.34. The highest BCUT2D eigenvalue weighted by Gasteiger charge is 2.29. The van der Waals surface area contributed by atoms with Gasteiger partial charge in [-0.3, -0.25) is 5.01 Å². The van der Waals surface area contributed by atoms with Gasteiger partial charge in [0, 0.05) is 18.5 Å². The zero-order valence-electron chi connectivity index (χ0n) is 18.3. The molecule has 0 radical (unpaired) electrons. The molecule has 2 N–H and O–H groups in total. The van der Waals surface area contributed by atoms with Crippen LogP contribution in [0.3, 0.4) is 0 Å². The van der Waals surface area contributed by atoms with Crippen LogP contribution in [0.15, 0.2) is 77.9 Å². The molecule has 1 aliphatic carbocycles. The maximum absolute atomic E-state index is 12.6. The lowest BCUT2D eigenvalue weighted by Gasteiger charge is -2.23. The Morgan fingerprint density at radius 2 is 1.66 bits per heavy atom. The SMILES string of the molecule is O=C(NCC1CN(c2ccccc2)N=C1c1ccc2ccccc2c1)NC1CCCCC1. The number of para-hydroxylation sites is 1. The summed E-state index contributed by atoms with van der Waals surface area (Å²) in [4.78, 5) is 12.6. The molecular weight excluding hydrogens is 396 g/mol. The summed E-state index contributed by atoms with van der Waals surface area (Å²) in [7, 11) is 0. The third-order valence-corrected chi connectivity index (χ3v) is 6.56. The molecule has 0 spiro atoms. The molecule has 164 valence electrons. The minimum Gasteiger partial charge on any atom is -0.337 e. The first-order valence-electron chi connectivity index (χ1n) is 11.7. The number of anilines is 1. The second-order valence-electron chi connectivity index (χ2n) is 8.85. The lowest BCUT2D eigenvalue weighted by atomic mass is 9.95. The van der Waals surface area contributed by atoms with Gasteiger partial charge >= 0.3 is 6.03 Å². The largest absolute Gasteiger partial charge is 0.337 e. The molecule has 1 unspecified atom stereocenters. The number of carbonyl (C=O) groups is 1. The first-order chi connectivity index (χ1) is 15.8. The monoisotopic (exact) mass is 426 g/mol. The average molecular weight is 427 g/mol. The number of rotatable bonds is 5. The van der Waals surface area contributed by atoms with Crippen LogP contribution in [0.25, 0.3) is 10.8 Å². The fourth-order valence-electron chi connectivity index (χ4n) is 4.81. The highest BCUT2D eigenvalue weighted by Crippen LogP contribution is 2.27. The van der Waals surface area contributed by atoms with E-state index in [0.29, 0.717) is 12.6 Å². The second kappa shape index (κ2) is 9.43. The van der Waals surface area contributed by atoms with Gasteiger partial charge in [-0.2, -0.15) is 5.10 Å². The Labute approximate surface area is 189 Å². The first kappa shape index (κ1) is 20.6. The molecule has 1 atom stereocenters. The summed E-state index contributed by atoms with van der Waals surface area (Å²) in [6, 6.07) is 25.4. The van der Waals surface area contributed by atoms with Crippen molar-refractivity contribution in [2.45, 2.75) is 38.1 Å². The van der Waals surface area contributed by atoms with Gasteiger partial charge in [0.15, 0.2) is 0 Å². The summed E-state index contributed by atoms with van der Waals surface area (Å²) < 4.78 is 0. The summed E-state index contributed by atoms with van der Waals surface area (Å²) in [6.07, 6.45) is 5.87. The van der Waals surface area contributed by atoms with Crippen LogP contribution >= 0.6 is 0 Å². The maximum atomic E-state index is 12.6. The van der Waals surface area contributed by atoms with E-state index in [4.69, 9.17) is 5.10 Å². The molecule has 0 bridgehead atoms. The Morgan fingerprint density at radius 3 is 2.47 bits per heavy atom. The molecule has 2 aliphatic rings. The van der Waals surface area contributed by atoms with Crippen molar-refractivity contribution >= 4 is 28.2 Å². The van der Waals surface area contributed by atoms with E-state index in [0.717, 1.165) is 36.3 Å². The van der Waals surface area contributed by atoms with Crippen molar-refractivity contribution in [2.24, 2.45) is 11.0 Å². The molecule has 32 heavy (non-hydrogen) atoms. The molecule has 2 amide bonds. The van der Waals surface area contributed by atoms with Gasteiger partial charge < -0.3 is 10.6 Å². The van der Waals surface area contributed by atoms with Gasteiger partial charge in [0.1, 0.15) is 0 Å². The zero-order chi connectivity index (χ0) is 21.8. The number of carbonyl (C=O) groups excluding carboxylic acids is 1. The maximum Gasteiger partial charge on any atom is 0.315 e. The Bertz CT molecular complexity index is 1100. The summed E-state index contributed by atoms with van der Waals surface area (Å²) in [5.74, 6) is 0.119. The fraction of sp³-hybridized carbons (Fsp3) is 0.333. The highest BCUT2D eigenvalue weighted by molar-refractivity contribution is 6.07. The van der Waals surface area contributed by atoms with Crippen LogP contribution in [-0.2, 0) is 0 Å². The van der Waals surface area contributed by atoms with E-state index >= 15 is 0 Å². The molecule has 5 heteroatoms. The van der Waals surface area contributed by atoms with E-state index in [-0.39, 0.29) is 11.9 Å². The van der Waals surface area contributed by atoms with Crippen molar-refractivity contribution in [3.8, 4) is 0 Å². The van der Waals surface area contributed by atoms with Gasteiger partial charge in [-0.25, -0.2) is 4.79 Å². The van der Waals surface area contributed by atoms with Gasteiger partial charge in [-0.1, -0.05) is 73.9 Å². The molecule has 0 saturated heterocycles. The zero-order valence-corrected chi connectivity index (χ0v) is 18.3. The van der Waals surface area contributed by atoms with E-state index in [9.17, 15) is 4.79 Å². The smallest absolute Gasteiger partial charge is 0.315 e. The predicted molar refractivity (Wildman–Crippen MR) is 131 cm³/mol. The number of urea groups is 1. The summed E-state index contributed by atoms with van der Waals surface area (Å²) in [5.41, 5.74) is 3.21. The molecule has 1 heterocycles. The molecule has 0 aromatic heterocycles. The van der Waals surface area contributed by atoms with Crippen LogP contribution in [0, 0.1) is 5.92 Å². The van der Waals surface area contributed by atoms with Crippen molar-refractivity contribution in [3.05, 3.63) is 78.4 Å². The number of amides is 2. The molecular formula is C27H30N4O. The second-order valence-corrected chi connectivity index (χ2v) is 8.85. The normalized spacial score (nSPS) is 19.1. The van der Waals surface area contributed by atoms with Crippen LogP contribution in [0.5, 0.6) is 0 Å². The quantitative estimate of drug-likeness (QED) is 0.581. The molecule has 5 rings (SSSR count). The summed E-state index contributed by atoms with van der Waals surface area (Å²) >= 11 is 0. The van der Waals surface area contributed by atoms with E-state index in [1.807, 2.05) is 18.2 Å². The summed E-state index contributed by atoms with van der Waals surface area (Å²) in [5, 5.41) is 15.7. The number of fused-ring (bicyclic) bond motifs is 1.